The van der Waals surface area contributed by atoms with E-state index in [1.54, 1.807) is 24.3 Å². The van der Waals surface area contributed by atoms with Gasteiger partial charge < -0.3 is 0 Å². The minimum atomic E-state index is -0.695. The molecule has 0 aliphatic rings. The van der Waals surface area contributed by atoms with Crippen LogP contribution in [0.15, 0.2) is 36.4 Å². The number of nitrogens with zero attached hydrogens (tertiary/aromatic N) is 1. The summed E-state index contributed by atoms with van der Waals surface area (Å²) in [6.07, 6.45) is 0. The zero-order valence-electron chi connectivity index (χ0n) is 8.01. The topological polar surface area (TPSA) is 60.2 Å². The number of carbonyl (C=O) groups excluding carboxylic acids is 1. The molecule has 2 rings (SSSR count). The maximum atomic E-state index is 11.2. The Labute approximate surface area is 95.6 Å². The number of non-ortho nitro benzene ring substituents is 1. The lowest BCUT2D eigenvalue weighted by molar-refractivity contribution is -0.384. The van der Waals surface area contributed by atoms with Crippen molar-refractivity contribution < 1.29 is 9.72 Å². The fourth-order valence-corrected chi connectivity index (χ4v) is 1.72. The Bertz CT molecular complexity index is 595. The van der Waals surface area contributed by atoms with Crippen molar-refractivity contribution in [3.8, 4) is 0 Å². The number of nitro groups is 1. The van der Waals surface area contributed by atoms with E-state index in [9.17, 15) is 14.9 Å². The van der Waals surface area contributed by atoms with Gasteiger partial charge in [0.2, 0.25) is 0 Å². The standard InChI is InChI=1S/C11H6ClNO3/c12-11(14)10-6-8(13(15)16)5-7-3-1-2-4-9(7)10/h1-6H. The summed E-state index contributed by atoms with van der Waals surface area (Å²) < 4.78 is 0. The summed E-state index contributed by atoms with van der Waals surface area (Å²) in [7, 11) is 0. The molecule has 0 amide bonds. The highest BCUT2D eigenvalue weighted by atomic mass is 35.5. The van der Waals surface area contributed by atoms with Crippen molar-refractivity contribution in [2.75, 3.05) is 0 Å². The number of benzene rings is 2. The second-order valence-corrected chi connectivity index (χ2v) is 3.59. The van der Waals surface area contributed by atoms with E-state index in [1.165, 1.54) is 12.1 Å². The van der Waals surface area contributed by atoms with Crippen LogP contribution in [0.5, 0.6) is 0 Å². The predicted octanol–water partition coefficient (Wildman–Crippen LogP) is 3.13. The highest BCUT2D eigenvalue weighted by Gasteiger charge is 2.14. The molecule has 0 spiro atoms. The van der Waals surface area contributed by atoms with Gasteiger partial charge in [-0.1, -0.05) is 24.3 Å². The van der Waals surface area contributed by atoms with Crippen LogP contribution in [0.2, 0.25) is 0 Å². The monoisotopic (exact) mass is 235 g/mol. The molecule has 4 nitrogen and oxygen atoms in total. The largest absolute Gasteiger partial charge is 0.276 e. The van der Waals surface area contributed by atoms with E-state index in [2.05, 4.69) is 0 Å². The number of fused-ring (bicyclic) bond motifs is 1. The van der Waals surface area contributed by atoms with E-state index in [4.69, 9.17) is 11.6 Å². The maximum absolute atomic E-state index is 11.2. The van der Waals surface area contributed by atoms with Crippen LogP contribution < -0.4 is 0 Å². The highest BCUT2D eigenvalue weighted by molar-refractivity contribution is 6.68. The van der Waals surface area contributed by atoms with E-state index in [1.807, 2.05) is 0 Å². The molecule has 0 unspecified atom stereocenters. The molecule has 0 saturated carbocycles. The van der Waals surface area contributed by atoms with Crippen molar-refractivity contribution in [1.82, 2.24) is 0 Å². The quantitative estimate of drug-likeness (QED) is 0.456. The molecule has 2 aromatic carbocycles. The molecule has 0 fully saturated rings. The van der Waals surface area contributed by atoms with Crippen LogP contribution in [0.25, 0.3) is 10.8 Å². The van der Waals surface area contributed by atoms with E-state index >= 15 is 0 Å². The minimum absolute atomic E-state index is 0.136. The molecular formula is C11H6ClNO3. The van der Waals surface area contributed by atoms with Gasteiger partial charge in [0.15, 0.2) is 0 Å². The van der Waals surface area contributed by atoms with Crippen LogP contribution in [-0.2, 0) is 0 Å². The third-order valence-corrected chi connectivity index (χ3v) is 2.47. The highest BCUT2D eigenvalue weighted by Crippen LogP contribution is 2.26. The van der Waals surface area contributed by atoms with Gasteiger partial charge in [-0.05, 0) is 22.4 Å². The Kier molecular flexibility index (Phi) is 2.58. The van der Waals surface area contributed by atoms with Gasteiger partial charge in [0.1, 0.15) is 0 Å². The first-order chi connectivity index (χ1) is 7.59. The molecule has 16 heavy (non-hydrogen) atoms. The molecule has 0 saturated heterocycles. The zero-order chi connectivity index (χ0) is 11.7. The summed E-state index contributed by atoms with van der Waals surface area (Å²) in [5, 5.41) is 11.2. The number of halogens is 1. The third kappa shape index (κ3) is 1.75. The lowest BCUT2D eigenvalue weighted by Gasteiger charge is -2.02. The van der Waals surface area contributed by atoms with Crippen LogP contribution >= 0.6 is 11.6 Å². The number of hydrogen-bond acceptors (Lipinski definition) is 3. The molecule has 0 aliphatic heterocycles. The summed E-state index contributed by atoms with van der Waals surface area (Å²) in [6, 6.07) is 9.50. The summed E-state index contributed by atoms with van der Waals surface area (Å²) in [4.78, 5) is 21.3. The predicted molar refractivity (Wildman–Crippen MR) is 60.8 cm³/mol. The van der Waals surface area contributed by atoms with E-state index in [0.29, 0.717) is 10.8 Å². The van der Waals surface area contributed by atoms with Crippen LogP contribution in [-0.4, -0.2) is 10.2 Å². The van der Waals surface area contributed by atoms with Crippen LogP contribution in [0, 0.1) is 10.1 Å². The van der Waals surface area contributed by atoms with Crippen molar-refractivity contribution >= 4 is 33.3 Å². The molecule has 0 aliphatic carbocycles. The molecule has 80 valence electrons. The fraction of sp³-hybridized carbons (Fsp3) is 0. The van der Waals surface area contributed by atoms with Crippen LogP contribution in [0.4, 0.5) is 5.69 Å². The summed E-state index contributed by atoms with van der Waals surface area (Å²) in [5.74, 6) is 0. The first kappa shape index (κ1) is 10.6. The molecule has 0 radical (unpaired) electrons. The molecule has 5 heteroatoms. The van der Waals surface area contributed by atoms with Crippen LogP contribution in [0.3, 0.4) is 0 Å². The van der Waals surface area contributed by atoms with Crippen molar-refractivity contribution in [3.63, 3.8) is 0 Å². The van der Waals surface area contributed by atoms with Gasteiger partial charge in [0, 0.05) is 17.7 Å². The Morgan fingerprint density at radius 1 is 1.25 bits per heavy atom. The van der Waals surface area contributed by atoms with E-state index < -0.39 is 10.2 Å². The third-order valence-electron chi connectivity index (χ3n) is 2.27. The second-order valence-electron chi connectivity index (χ2n) is 3.25. The minimum Gasteiger partial charge on any atom is -0.276 e. The Hall–Kier alpha value is -1.94. The second kappa shape index (κ2) is 3.90. The SMILES string of the molecule is O=C(Cl)c1cc([N+](=O)[O-])cc2ccccc12. The first-order valence-corrected chi connectivity index (χ1v) is 4.84. The average molecular weight is 236 g/mol. The number of nitro benzene ring substituents is 1. The molecule has 0 aromatic heterocycles. The molecule has 0 atom stereocenters. The number of carbonyl (C=O) groups is 1. The lowest BCUT2D eigenvalue weighted by atomic mass is 10.0. The van der Waals surface area contributed by atoms with Crippen molar-refractivity contribution in [1.29, 1.82) is 0 Å². The van der Waals surface area contributed by atoms with Crippen molar-refractivity contribution in [2.45, 2.75) is 0 Å². The van der Waals surface area contributed by atoms with Crippen molar-refractivity contribution in [2.24, 2.45) is 0 Å². The van der Waals surface area contributed by atoms with Gasteiger partial charge in [-0.15, -0.1) is 0 Å². The Balaban J connectivity index is 2.84. The van der Waals surface area contributed by atoms with Gasteiger partial charge in [0.05, 0.1) is 4.92 Å². The zero-order valence-corrected chi connectivity index (χ0v) is 8.77. The molecule has 2 aromatic rings. The molecule has 0 heterocycles. The average Bonchev–Trinajstić information content (AvgIpc) is 2.27. The van der Waals surface area contributed by atoms with E-state index in [-0.39, 0.29) is 11.3 Å². The maximum Gasteiger partial charge on any atom is 0.270 e. The Morgan fingerprint density at radius 3 is 2.56 bits per heavy atom. The van der Waals surface area contributed by atoms with Crippen LogP contribution in [0.1, 0.15) is 10.4 Å². The van der Waals surface area contributed by atoms with Crippen molar-refractivity contribution in [3.05, 3.63) is 52.1 Å². The summed E-state index contributed by atoms with van der Waals surface area (Å²) >= 11 is 5.40. The molecule has 0 bridgehead atoms. The smallest absolute Gasteiger partial charge is 0.270 e. The van der Waals surface area contributed by atoms with Gasteiger partial charge in [-0.3, -0.25) is 14.9 Å². The van der Waals surface area contributed by atoms with Gasteiger partial charge in [0.25, 0.3) is 10.9 Å². The molecular weight excluding hydrogens is 230 g/mol. The molecule has 0 N–H and O–H groups in total. The number of hydrogen-bond donors (Lipinski definition) is 0. The lowest BCUT2D eigenvalue weighted by Crippen LogP contribution is -1.95. The normalized spacial score (nSPS) is 10.3. The Morgan fingerprint density at radius 2 is 1.94 bits per heavy atom. The van der Waals surface area contributed by atoms with Gasteiger partial charge in [-0.2, -0.15) is 0 Å². The first-order valence-electron chi connectivity index (χ1n) is 4.46. The van der Waals surface area contributed by atoms with Gasteiger partial charge >= 0.3 is 0 Å². The van der Waals surface area contributed by atoms with Gasteiger partial charge in [-0.25, -0.2) is 0 Å². The fourth-order valence-electron chi connectivity index (χ4n) is 1.56. The number of rotatable bonds is 2. The summed E-state index contributed by atoms with van der Waals surface area (Å²) in [5.41, 5.74) is 0.0224. The van der Waals surface area contributed by atoms with E-state index in [0.717, 1.165) is 0 Å². The summed E-state index contributed by atoms with van der Waals surface area (Å²) in [6.45, 7) is 0.